The topological polar surface area (TPSA) is 43.6 Å². The Hall–Kier alpha value is -1.42. The Balaban J connectivity index is 2.47. The fourth-order valence-electron chi connectivity index (χ4n) is 1.17. The first-order valence-electron chi connectivity index (χ1n) is 4.16. The lowest BCUT2D eigenvalue weighted by atomic mass is 10.4. The van der Waals surface area contributed by atoms with Gasteiger partial charge in [-0.2, -0.15) is 0 Å². The van der Waals surface area contributed by atoms with E-state index in [2.05, 4.69) is 15.0 Å². The molecular formula is C9H9ClN4. The molecule has 0 saturated carbocycles. The van der Waals surface area contributed by atoms with E-state index in [4.69, 9.17) is 11.6 Å². The molecule has 0 atom stereocenters. The van der Waals surface area contributed by atoms with Crippen LogP contribution in [-0.2, 0) is 12.9 Å². The molecule has 0 unspecified atom stereocenters. The molecule has 0 N–H and O–H groups in total. The predicted molar refractivity (Wildman–Crippen MR) is 53.8 cm³/mol. The minimum Gasteiger partial charge on any atom is -0.331 e. The molecule has 0 aliphatic heterocycles. The number of nitrogens with zero attached hydrogens (tertiary/aromatic N) is 4. The second-order valence-corrected chi connectivity index (χ2v) is 3.16. The Bertz CT molecular complexity index is 438. The zero-order chi connectivity index (χ0) is 9.97. The Morgan fingerprint density at radius 3 is 3.00 bits per heavy atom. The fraction of sp³-hybridized carbons (Fsp3) is 0.222. The molecule has 14 heavy (non-hydrogen) atoms. The van der Waals surface area contributed by atoms with E-state index < -0.39 is 0 Å². The summed E-state index contributed by atoms with van der Waals surface area (Å²) in [6, 6.07) is 1.80. The minimum absolute atomic E-state index is 0.396. The van der Waals surface area contributed by atoms with E-state index in [1.54, 1.807) is 24.8 Å². The second-order valence-electron chi connectivity index (χ2n) is 2.90. The molecule has 0 saturated heterocycles. The summed E-state index contributed by atoms with van der Waals surface area (Å²) in [5, 5.41) is 0. The van der Waals surface area contributed by atoms with E-state index in [0.717, 1.165) is 11.4 Å². The van der Waals surface area contributed by atoms with Gasteiger partial charge in [0.15, 0.2) is 5.82 Å². The maximum atomic E-state index is 5.69. The zero-order valence-corrected chi connectivity index (χ0v) is 8.44. The van der Waals surface area contributed by atoms with Crippen molar-refractivity contribution in [2.24, 2.45) is 7.05 Å². The van der Waals surface area contributed by atoms with Crippen molar-refractivity contribution in [2.75, 3.05) is 0 Å². The van der Waals surface area contributed by atoms with Crippen LogP contribution in [0.4, 0.5) is 0 Å². The average molecular weight is 209 g/mol. The highest BCUT2D eigenvalue weighted by Crippen LogP contribution is 2.13. The third-order valence-electron chi connectivity index (χ3n) is 1.90. The molecule has 2 aromatic heterocycles. The summed E-state index contributed by atoms with van der Waals surface area (Å²) in [6.07, 6.45) is 5.15. The van der Waals surface area contributed by atoms with Gasteiger partial charge in [0.25, 0.3) is 0 Å². The van der Waals surface area contributed by atoms with E-state index >= 15 is 0 Å². The number of hydrogen-bond donors (Lipinski definition) is 0. The number of aromatic nitrogens is 4. The van der Waals surface area contributed by atoms with Crippen LogP contribution in [0.3, 0.4) is 0 Å². The van der Waals surface area contributed by atoms with Crippen LogP contribution in [-0.4, -0.2) is 19.5 Å². The van der Waals surface area contributed by atoms with Crippen molar-refractivity contribution in [3.05, 3.63) is 30.5 Å². The van der Waals surface area contributed by atoms with Crippen LogP contribution >= 0.6 is 11.6 Å². The average Bonchev–Trinajstić information content (AvgIpc) is 2.65. The lowest BCUT2D eigenvalue weighted by molar-refractivity contribution is 0.905. The molecule has 0 fully saturated rings. The zero-order valence-electron chi connectivity index (χ0n) is 7.68. The molecule has 2 heterocycles. The minimum atomic E-state index is 0.396. The maximum absolute atomic E-state index is 5.69. The largest absolute Gasteiger partial charge is 0.331 e. The molecule has 0 amide bonds. The lowest BCUT2D eigenvalue weighted by Gasteiger charge is -2.01. The van der Waals surface area contributed by atoms with Gasteiger partial charge in [-0.1, -0.05) is 0 Å². The summed E-state index contributed by atoms with van der Waals surface area (Å²) in [7, 11) is 1.90. The number of rotatable bonds is 2. The summed E-state index contributed by atoms with van der Waals surface area (Å²) >= 11 is 5.69. The van der Waals surface area contributed by atoms with Crippen molar-refractivity contribution in [1.82, 2.24) is 19.5 Å². The molecule has 0 spiro atoms. The van der Waals surface area contributed by atoms with Crippen LogP contribution in [0.1, 0.15) is 5.69 Å². The SMILES string of the molecule is Cn1cncc1-c1nccc(CCl)n1. The van der Waals surface area contributed by atoms with Crippen LogP contribution in [0.15, 0.2) is 24.8 Å². The van der Waals surface area contributed by atoms with Crippen molar-refractivity contribution in [1.29, 1.82) is 0 Å². The van der Waals surface area contributed by atoms with Crippen LogP contribution in [0.2, 0.25) is 0 Å². The summed E-state index contributed by atoms with van der Waals surface area (Å²) in [6.45, 7) is 0. The summed E-state index contributed by atoms with van der Waals surface area (Å²) < 4.78 is 1.87. The van der Waals surface area contributed by atoms with Crippen LogP contribution in [0, 0.1) is 0 Å². The summed E-state index contributed by atoms with van der Waals surface area (Å²) in [5.74, 6) is 1.05. The van der Waals surface area contributed by atoms with E-state index in [1.165, 1.54) is 0 Å². The maximum Gasteiger partial charge on any atom is 0.178 e. The monoisotopic (exact) mass is 208 g/mol. The van der Waals surface area contributed by atoms with Crippen molar-refractivity contribution >= 4 is 11.6 Å². The van der Waals surface area contributed by atoms with Gasteiger partial charge in [0.05, 0.1) is 24.1 Å². The van der Waals surface area contributed by atoms with Crippen LogP contribution in [0.5, 0.6) is 0 Å². The van der Waals surface area contributed by atoms with E-state index in [1.807, 2.05) is 11.6 Å². The molecule has 4 nitrogen and oxygen atoms in total. The molecule has 2 rings (SSSR count). The molecule has 0 aliphatic carbocycles. The van der Waals surface area contributed by atoms with Gasteiger partial charge in [0.1, 0.15) is 5.69 Å². The Kier molecular flexibility index (Phi) is 2.45. The van der Waals surface area contributed by atoms with Gasteiger partial charge in [-0.05, 0) is 6.07 Å². The quantitative estimate of drug-likeness (QED) is 0.705. The Morgan fingerprint density at radius 1 is 1.50 bits per heavy atom. The third kappa shape index (κ3) is 1.61. The third-order valence-corrected chi connectivity index (χ3v) is 2.17. The molecule has 0 aliphatic rings. The van der Waals surface area contributed by atoms with Gasteiger partial charge in [-0.15, -0.1) is 11.6 Å². The predicted octanol–water partition coefficient (Wildman–Crippen LogP) is 1.62. The second kappa shape index (κ2) is 3.75. The first kappa shape index (κ1) is 9.15. The van der Waals surface area contributed by atoms with Crippen molar-refractivity contribution in [3.63, 3.8) is 0 Å². The highest BCUT2D eigenvalue weighted by atomic mass is 35.5. The normalized spacial score (nSPS) is 10.4. The van der Waals surface area contributed by atoms with Crippen molar-refractivity contribution in [3.8, 4) is 11.5 Å². The van der Waals surface area contributed by atoms with Crippen LogP contribution in [0.25, 0.3) is 11.5 Å². The van der Waals surface area contributed by atoms with Gasteiger partial charge in [0, 0.05) is 13.2 Å². The summed E-state index contributed by atoms with van der Waals surface area (Å²) in [4.78, 5) is 12.5. The number of halogens is 1. The van der Waals surface area contributed by atoms with Gasteiger partial charge < -0.3 is 4.57 Å². The molecule has 0 radical (unpaired) electrons. The van der Waals surface area contributed by atoms with Crippen LogP contribution < -0.4 is 0 Å². The fourth-order valence-corrected chi connectivity index (χ4v) is 1.32. The van der Waals surface area contributed by atoms with E-state index in [9.17, 15) is 0 Å². The molecule has 2 aromatic rings. The number of hydrogen-bond acceptors (Lipinski definition) is 3. The highest BCUT2D eigenvalue weighted by Gasteiger charge is 2.05. The molecule has 0 bridgehead atoms. The van der Waals surface area contributed by atoms with Crippen molar-refractivity contribution in [2.45, 2.75) is 5.88 Å². The number of aryl methyl sites for hydroxylation is 1. The van der Waals surface area contributed by atoms with Gasteiger partial charge in [0.2, 0.25) is 0 Å². The standard InChI is InChI=1S/C9H9ClN4/c1-14-6-11-5-8(14)9-12-3-2-7(4-10)13-9/h2-3,5-6H,4H2,1H3. The van der Waals surface area contributed by atoms with Gasteiger partial charge in [-0.25, -0.2) is 15.0 Å². The van der Waals surface area contributed by atoms with Gasteiger partial charge in [-0.3, -0.25) is 0 Å². The molecule has 5 heteroatoms. The highest BCUT2D eigenvalue weighted by molar-refractivity contribution is 6.16. The first-order chi connectivity index (χ1) is 6.81. The molecular weight excluding hydrogens is 200 g/mol. The smallest absolute Gasteiger partial charge is 0.178 e. The van der Waals surface area contributed by atoms with E-state index in [0.29, 0.717) is 11.7 Å². The number of imidazole rings is 1. The first-order valence-corrected chi connectivity index (χ1v) is 4.69. The number of alkyl halides is 1. The van der Waals surface area contributed by atoms with Crippen molar-refractivity contribution < 1.29 is 0 Å². The van der Waals surface area contributed by atoms with E-state index in [-0.39, 0.29) is 0 Å². The molecule has 0 aromatic carbocycles. The van der Waals surface area contributed by atoms with Gasteiger partial charge >= 0.3 is 0 Å². The lowest BCUT2D eigenvalue weighted by Crippen LogP contribution is -1.96. The Labute approximate surface area is 86.6 Å². The molecule has 72 valence electrons. The Morgan fingerprint density at radius 2 is 2.36 bits per heavy atom. The summed E-state index contributed by atoms with van der Waals surface area (Å²) in [5.41, 5.74) is 1.70.